The van der Waals surface area contributed by atoms with Crippen LogP contribution in [0.15, 0.2) is 76.9 Å². The van der Waals surface area contributed by atoms with E-state index in [0.29, 0.717) is 0 Å². The van der Waals surface area contributed by atoms with Gasteiger partial charge in [-0.05, 0) is 49.5 Å². The van der Waals surface area contributed by atoms with Gasteiger partial charge in [-0.15, -0.1) is 0 Å². The maximum absolute atomic E-state index is 6.12. The molecular weight excluding hydrogens is 292 g/mol. The van der Waals surface area contributed by atoms with Gasteiger partial charge in [-0.3, -0.25) is 4.99 Å². The predicted molar refractivity (Wildman–Crippen MR) is 105 cm³/mol. The van der Waals surface area contributed by atoms with E-state index in [9.17, 15) is 0 Å². The van der Waals surface area contributed by atoms with E-state index >= 15 is 0 Å². The Labute approximate surface area is 145 Å². The van der Waals surface area contributed by atoms with Crippen LogP contribution in [-0.2, 0) is 6.42 Å². The van der Waals surface area contributed by atoms with Crippen LogP contribution in [0.1, 0.15) is 37.5 Å². The Hall–Kier alpha value is -2.61. The molecule has 0 aromatic heterocycles. The van der Waals surface area contributed by atoms with E-state index in [-0.39, 0.29) is 0 Å². The van der Waals surface area contributed by atoms with Gasteiger partial charge in [0, 0.05) is 24.0 Å². The minimum absolute atomic E-state index is 0.791. The van der Waals surface area contributed by atoms with E-state index in [1.807, 2.05) is 26.8 Å². The third-order valence-corrected chi connectivity index (χ3v) is 4.17. The second kappa shape index (κ2) is 8.30. The molecule has 0 aliphatic heterocycles. The van der Waals surface area contributed by atoms with Crippen LogP contribution in [-0.4, -0.2) is 12.8 Å². The lowest BCUT2D eigenvalue weighted by atomic mass is 9.92. The van der Waals surface area contributed by atoms with Crippen molar-refractivity contribution in [2.45, 2.75) is 27.2 Å². The molecule has 0 saturated heterocycles. The minimum atomic E-state index is 0.791. The molecule has 2 nitrogen and oxygen atoms in total. The average molecular weight is 318 g/mol. The Balaban J connectivity index is 2.30. The molecule has 0 aliphatic carbocycles. The number of hydrogen-bond acceptors (Lipinski definition) is 2. The van der Waals surface area contributed by atoms with Gasteiger partial charge >= 0.3 is 0 Å². The molecule has 0 amide bonds. The fraction of sp³-hybridized carbons (Fsp3) is 0.227. The van der Waals surface area contributed by atoms with E-state index in [1.165, 1.54) is 11.1 Å². The Morgan fingerprint density at radius 3 is 2.04 bits per heavy atom. The van der Waals surface area contributed by atoms with Crippen LogP contribution in [0.5, 0.6) is 0 Å². The summed E-state index contributed by atoms with van der Waals surface area (Å²) < 4.78 is 0. The molecule has 0 aliphatic rings. The van der Waals surface area contributed by atoms with Crippen molar-refractivity contribution >= 4 is 11.3 Å². The van der Waals surface area contributed by atoms with Crippen molar-refractivity contribution in [2.75, 3.05) is 7.05 Å². The zero-order chi connectivity index (χ0) is 17.5. The van der Waals surface area contributed by atoms with Crippen molar-refractivity contribution in [2.24, 2.45) is 10.7 Å². The number of allylic oxidation sites excluding steroid dienone is 4. The number of rotatable bonds is 5. The summed E-state index contributed by atoms with van der Waals surface area (Å²) in [6.07, 6.45) is 3.05. The largest absolute Gasteiger partial charge is 0.402 e. The monoisotopic (exact) mass is 318 g/mol. The number of aliphatic imine (C=N–C) groups is 1. The van der Waals surface area contributed by atoms with Crippen molar-refractivity contribution < 1.29 is 0 Å². The zero-order valence-corrected chi connectivity index (χ0v) is 15.0. The van der Waals surface area contributed by atoms with Crippen LogP contribution in [0.2, 0.25) is 0 Å². The van der Waals surface area contributed by atoms with Gasteiger partial charge in [-0.1, -0.05) is 60.7 Å². The number of benzene rings is 2. The summed E-state index contributed by atoms with van der Waals surface area (Å²) in [5.74, 6) is 0. The summed E-state index contributed by atoms with van der Waals surface area (Å²) in [6.45, 7) is 5.97. The Kier molecular flexibility index (Phi) is 6.14. The molecular formula is C22H26N2. The van der Waals surface area contributed by atoms with Crippen LogP contribution in [0.4, 0.5) is 0 Å². The van der Waals surface area contributed by atoms with Gasteiger partial charge in [-0.25, -0.2) is 0 Å². The lowest BCUT2D eigenvalue weighted by molar-refractivity contribution is 1.19. The summed E-state index contributed by atoms with van der Waals surface area (Å²) in [5, 5.41) is 0. The van der Waals surface area contributed by atoms with Crippen LogP contribution >= 0.6 is 0 Å². The maximum Gasteiger partial charge on any atom is 0.0409 e. The van der Waals surface area contributed by atoms with Crippen LogP contribution < -0.4 is 5.73 Å². The van der Waals surface area contributed by atoms with Gasteiger partial charge in [0.2, 0.25) is 0 Å². The summed E-state index contributed by atoms with van der Waals surface area (Å²) in [6, 6.07) is 19.2. The second-order valence-electron chi connectivity index (χ2n) is 5.93. The molecule has 0 atom stereocenters. The minimum Gasteiger partial charge on any atom is -0.402 e. The van der Waals surface area contributed by atoms with Crippen molar-refractivity contribution in [1.29, 1.82) is 0 Å². The highest BCUT2D eigenvalue weighted by atomic mass is 14.7. The first-order chi connectivity index (χ1) is 11.6. The van der Waals surface area contributed by atoms with E-state index in [4.69, 9.17) is 5.73 Å². The van der Waals surface area contributed by atoms with Gasteiger partial charge in [-0.2, -0.15) is 0 Å². The van der Waals surface area contributed by atoms with E-state index in [1.54, 1.807) is 7.05 Å². The molecule has 0 saturated carbocycles. The van der Waals surface area contributed by atoms with E-state index < -0.39 is 0 Å². The Bertz CT molecular complexity index is 759. The second-order valence-corrected chi connectivity index (χ2v) is 5.93. The summed E-state index contributed by atoms with van der Waals surface area (Å²) >= 11 is 0. The Morgan fingerprint density at radius 2 is 1.54 bits per heavy atom. The normalized spacial score (nSPS) is 13.7. The molecule has 0 unspecified atom stereocenters. The van der Waals surface area contributed by atoms with Gasteiger partial charge in [0.05, 0.1) is 0 Å². The molecule has 2 heteroatoms. The van der Waals surface area contributed by atoms with Crippen molar-refractivity contribution in [3.05, 3.63) is 88.6 Å². The lowest BCUT2D eigenvalue weighted by Gasteiger charge is -2.15. The highest BCUT2D eigenvalue weighted by Gasteiger charge is 2.12. The predicted octanol–water partition coefficient (Wildman–Crippen LogP) is 5.00. The molecule has 2 aromatic rings. The van der Waals surface area contributed by atoms with Gasteiger partial charge in [0.15, 0.2) is 0 Å². The number of hydrogen-bond donors (Lipinski definition) is 1. The quantitative estimate of drug-likeness (QED) is 0.611. The molecule has 0 spiro atoms. The van der Waals surface area contributed by atoms with E-state index in [2.05, 4.69) is 59.6 Å². The number of nitrogens with zero attached hydrogens (tertiary/aromatic N) is 1. The maximum atomic E-state index is 6.12. The molecule has 0 heterocycles. The molecule has 0 radical (unpaired) electrons. The molecule has 0 bridgehead atoms. The smallest absolute Gasteiger partial charge is 0.0409 e. The average Bonchev–Trinajstić information content (AvgIpc) is 2.60. The standard InChI is InChI=1S/C22H26N2/c1-5-21(22(16(2)23)17(3)24-4)20-13-11-19(12-14-20)15-18-9-7-6-8-10-18/h5-14H,15,23H2,1-4H3/b21-5-,22-16-,24-17-. The Morgan fingerprint density at radius 1 is 0.958 bits per heavy atom. The molecule has 2 rings (SSSR count). The SMILES string of the molecule is C\C=C(C(/C(C)=N\C)=C(/C)N)\c1ccc(Cc2ccccc2)cc1. The van der Waals surface area contributed by atoms with Crippen LogP contribution in [0.3, 0.4) is 0 Å². The topological polar surface area (TPSA) is 38.4 Å². The molecule has 0 fully saturated rings. The van der Waals surface area contributed by atoms with Gasteiger partial charge in [0.25, 0.3) is 0 Å². The summed E-state index contributed by atoms with van der Waals surface area (Å²) in [5.41, 5.74) is 13.8. The highest BCUT2D eigenvalue weighted by Crippen LogP contribution is 2.26. The van der Waals surface area contributed by atoms with Gasteiger partial charge in [0.1, 0.15) is 0 Å². The van der Waals surface area contributed by atoms with Crippen molar-refractivity contribution in [1.82, 2.24) is 0 Å². The summed E-state index contributed by atoms with van der Waals surface area (Å²) in [4.78, 5) is 4.32. The zero-order valence-electron chi connectivity index (χ0n) is 15.0. The van der Waals surface area contributed by atoms with Crippen molar-refractivity contribution in [3.8, 4) is 0 Å². The lowest BCUT2D eigenvalue weighted by Crippen LogP contribution is -2.08. The third kappa shape index (κ3) is 4.23. The molecule has 2 aromatic carbocycles. The molecule has 2 N–H and O–H groups in total. The first-order valence-electron chi connectivity index (χ1n) is 8.26. The van der Waals surface area contributed by atoms with Crippen LogP contribution in [0.25, 0.3) is 5.57 Å². The third-order valence-electron chi connectivity index (χ3n) is 4.17. The molecule has 124 valence electrons. The van der Waals surface area contributed by atoms with E-state index in [0.717, 1.165) is 34.5 Å². The van der Waals surface area contributed by atoms with Crippen LogP contribution in [0, 0.1) is 0 Å². The van der Waals surface area contributed by atoms with Gasteiger partial charge < -0.3 is 5.73 Å². The first kappa shape index (κ1) is 17.7. The number of nitrogens with two attached hydrogens (primary N) is 1. The fourth-order valence-corrected chi connectivity index (χ4v) is 2.89. The fourth-order valence-electron chi connectivity index (χ4n) is 2.89. The first-order valence-corrected chi connectivity index (χ1v) is 8.26. The highest BCUT2D eigenvalue weighted by molar-refractivity contribution is 6.12. The molecule has 24 heavy (non-hydrogen) atoms. The van der Waals surface area contributed by atoms with Crippen molar-refractivity contribution in [3.63, 3.8) is 0 Å². The summed E-state index contributed by atoms with van der Waals surface area (Å²) in [7, 11) is 1.80.